The molecule has 8 heteroatoms. The number of nitrogen functional groups attached to an aromatic ring is 1. The number of aryl methyl sites for hydroxylation is 1. The van der Waals surface area contributed by atoms with E-state index in [4.69, 9.17) is 15.5 Å². The molecule has 0 saturated carbocycles. The van der Waals surface area contributed by atoms with E-state index in [2.05, 4.69) is 27.2 Å². The van der Waals surface area contributed by atoms with Crippen molar-refractivity contribution in [2.24, 2.45) is 4.99 Å². The molecule has 0 saturated heterocycles. The summed E-state index contributed by atoms with van der Waals surface area (Å²) >= 11 is 0. The number of methoxy groups -OCH3 is 1. The zero-order chi connectivity index (χ0) is 18.1. The summed E-state index contributed by atoms with van der Waals surface area (Å²) < 4.78 is 5.16. The quantitative estimate of drug-likeness (QED) is 0.876. The molecule has 0 unspecified atom stereocenters. The highest BCUT2D eigenvalue weighted by Crippen LogP contribution is 2.28. The molecule has 4 rings (SSSR count). The molecule has 0 bridgehead atoms. The summed E-state index contributed by atoms with van der Waals surface area (Å²) in [5.74, 6) is 1.04. The van der Waals surface area contributed by atoms with Crippen LogP contribution in [-0.2, 0) is 11.2 Å². The molecular formula is C18H19N7O. The second-order valence-electron chi connectivity index (χ2n) is 5.89. The lowest BCUT2D eigenvalue weighted by Gasteiger charge is -2.29. The van der Waals surface area contributed by atoms with Gasteiger partial charge in [0.05, 0.1) is 35.9 Å². The lowest BCUT2D eigenvalue weighted by molar-refractivity contribution is 0.385. The number of aromatic nitrogens is 3. The van der Waals surface area contributed by atoms with Crippen molar-refractivity contribution >= 4 is 28.8 Å². The van der Waals surface area contributed by atoms with Gasteiger partial charge in [0.15, 0.2) is 0 Å². The van der Waals surface area contributed by atoms with Gasteiger partial charge < -0.3 is 15.8 Å². The van der Waals surface area contributed by atoms with E-state index >= 15 is 0 Å². The molecule has 0 aliphatic carbocycles. The lowest BCUT2D eigenvalue weighted by Crippen LogP contribution is -2.34. The molecule has 0 aromatic carbocycles. The molecule has 0 fully saturated rings. The number of aliphatic imine (C=N–C) groups is 1. The summed E-state index contributed by atoms with van der Waals surface area (Å²) in [6.45, 7) is 2.10. The fourth-order valence-corrected chi connectivity index (χ4v) is 2.96. The maximum Gasteiger partial charge on any atom is 0.293 e. The molecule has 2 aliphatic heterocycles. The molecule has 8 nitrogen and oxygen atoms in total. The van der Waals surface area contributed by atoms with Gasteiger partial charge in [0.2, 0.25) is 5.95 Å². The van der Waals surface area contributed by atoms with Crippen LogP contribution in [0.2, 0.25) is 0 Å². The van der Waals surface area contributed by atoms with Gasteiger partial charge in [0.25, 0.3) is 6.02 Å². The van der Waals surface area contributed by atoms with Crippen molar-refractivity contribution in [3.63, 3.8) is 0 Å². The fourth-order valence-electron chi connectivity index (χ4n) is 2.96. The second-order valence-corrected chi connectivity index (χ2v) is 5.89. The van der Waals surface area contributed by atoms with Gasteiger partial charge in [-0.2, -0.15) is 0 Å². The number of amidine groups is 1. The van der Waals surface area contributed by atoms with Gasteiger partial charge in [-0.05, 0) is 30.7 Å². The van der Waals surface area contributed by atoms with Crippen LogP contribution in [0.5, 0.6) is 0 Å². The van der Waals surface area contributed by atoms with Crippen molar-refractivity contribution in [3.05, 3.63) is 53.8 Å². The average molecular weight is 349 g/mol. The van der Waals surface area contributed by atoms with Gasteiger partial charge in [0, 0.05) is 6.20 Å². The molecule has 2 aliphatic rings. The highest BCUT2D eigenvalue weighted by molar-refractivity contribution is 5.83. The summed E-state index contributed by atoms with van der Waals surface area (Å²) in [5.41, 5.74) is 9.99. The highest BCUT2D eigenvalue weighted by atomic mass is 16.5. The van der Waals surface area contributed by atoms with Crippen LogP contribution in [0, 0.1) is 0 Å². The number of hydrogen-bond acceptors (Lipinski definition) is 8. The molecule has 3 N–H and O–H groups in total. The van der Waals surface area contributed by atoms with Crippen molar-refractivity contribution in [2.75, 3.05) is 17.7 Å². The van der Waals surface area contributed by atoms with E-state index in [1.165, 1.54) is 0 Å². The Morgan fingerprint density at radius 1 is 1.23 bits per heavy atom. The van der Waals surface area contributed by atoms with Crippen molar-refractivity contribution in [1.82, 2.24) is 20.3 Å². The Bertz CT molecular complexity index is 990. The summed E-state index contributed by atoms with van der Waals surface area (Å²) in [4.78, 5) is 19.7. The SMILES string of the molecule is CCCc1nc(N)nc2ccc(N3C=CC=C4NC(OC)=NC=C43)nc12. The van der Waals surface area contributed by atoms with Crippen LogP contribution in [0.15, 0.2) is 53.1 Å². The van der Waals surface area contributed by atoms with Gasteiger partial charge in [-0.3, -0.25) is 4.90 Å². The largest absolute Gasteiger partial charge is 0.468 e. The first kappa shape index (κ1) is 16.1. The second kappa shape index (κ2) is 6.47. The molecule has 2 aromatic heterocycles. The van der Waals surface area contributed by atoms with Gasteiger partial charge >= 0.3 is 0 Å². The summed E-state index contributed by atoms with van der Waals surface area (Å²) in [6, 6.07) is 4.28. The Balaban J connectivity index is 1.79. The fraction of sp³-hybridized carbons (Fsp3) is 0.222. The summed E-state index contributed by atoms with van der Waals surface area (Å²) in [5, 5.41) is 3.14. The molecule has 132 valence electrons. The van der Waals surface area contributed by atoms with Crippen LogP contribution >= 0.6 is 0 Å². The normalized spacial score (nSPS) is 15.8. The lowest BCUT2D eigenvalue weighted by atomic mass is 10.1. The Hall–Kier alpha value is -3.42. The zero-order valence-electron chi connectivity index (χ0n) is 14.6. The van der Waals surface area contributed by atoms with Crippen LogP contribution < -0.4 is 16.0 Å². The molecule has 0 atom stereocenters. The number of allylic oxidation sites excluding steroid dienone is 2. The third kappa shape index (κ3) is 2.75. The standard InChI is InChI=1S/C18H19N7O/c1-3-5-12-16-13(22-17(19)21-12)7-8-15(24-16)25-9-4-6-11-14(25)10-20-18(23-11)26-2/h4,6-10H,3,5H2,1-2H3,(H,20,23)(H2,19,21,22). The van der Waals surface area contributed by atoms with Crippen LogP contribution in [0.4, 0.5) is 11.8 Å². The molecular weight excluding hydrogens is 330 g/mol. The number of nitrogens with two attached hydrogens (primary N) is 1. The zero-order valence-corrected chi connectivity index (χ0v) is 14.6. The molecule has 0 radical (unpaired) electrons. The minimum atomic E-state index is 0.277. The Morgan fingerprint density at radius 3 is 2.92 bits per heavy atom. The van der Waals surface area contributed by atoms with E-state index in [0.717, 1.165) is 46.8 Å². The smallest absolute Gasteiger partial charge is 0.293 e. The van der Waals surface area contributed by atoms with E-state index in [0.29, 0.717) is 6.02 Å². The van der Waals surface area contributed by atoms with Crippen LogP contribution in [0.25, 0.3) is 11.0 Å². The average Bonchev–Trinajstić information content (AvgIpc) is 2.67. The first-order chi connectivity index (χ1) is 12.7. The summed E-state index contributed by atoms with van der Waals surface area (Å²) in [6.07, 6.45) is 9.35. The van der Waals surface area contributed by atoms with Gasteiger partial charge in [-0.15, -0.1) is 0 Å². The number of fused-ring (bicyclic) bond motifs is 2. The van der Waals surface area contributed by atoms with Crippen LogP contribution in [0.1, 0.15) is 19.0 Å². The monoisotopic (exact) mass is 349 g/mol. The van der Waals surface area contributed by atoms with Crippen LogP contribution in [0.3, 0.4) is 0 Å². The van der Waals surface area contributed by atoms with E-state index in [9.17, 15) is 0 Å². The van der Waals surface area contributed by atoms with Crippen molar-refractivity contribution in [2.45, 2.75) is 19.8 Å². The third-order valence-electron chi connectivity index (χ3n) is 4.12. The molecule has 2 aromatic rings. The molecule has 4 heterocycles. The van der Waals surface area contributed by atoms with E-state index in [-0.39, 0.29) is 5.95 Å². The van der Waals surface area contributed by atoms with Gasteiger partial charge in [-0.25, -0.2) is 19.9 Å². The summed E-state index contributed by atoms with van der Waals surface area (Å²) in [7, 11) is 1.58. The number of nitrogens with zero attached hydrogens (tertiary/aromatic N) is 5. The number of nitrogens with one attached hydrogen (secondary N) is 1. The number of hydrogen-bond donors (Lipinski definition) is 2. The number of anilines is 2. The minimum absolute atomic E-state index is 0.277. The molecule has 0 spiro atoms. The number of pyridine rings is 1. The van der Waals surface area contributed by atoms with Gasteiger partial charge in [-0.1, -0.05) is 13.3 Å². The Labute approximate surface area is 150 Å². The first-order valence-electron chi connectivity index (χ1n) is 8.40. The van der Waals surface area contributed by atoms with E-state index < -0.39 is 0 Å². The van der Waals surface area contributed by atoms with Crippen LogP contribution in [-0.4, -0.2) is 28.1 Å². The maximum absolute atomic E-state index is 5.83. The van der Waals surface area contributed by atoms with E-state index in [1.54, 1.807) is 13.3 Å². The van der Waals surface area contributed by atoms with Crippen molar-refractivity contribution in [1.29, 1.82) is 0 Å². The topological polar surface area (TPSA) is 102 Å². The maximum atomic E-state index is 5.83. The van der Waals surface area contributed by atoms with Gasteiger partial charge in [0.1, 0.15) is 11.3 Å². The van der Waals surface area contributed by atoms with E-state index in [1.807, 2.05) is 35.4 Å². The minimum Gasteiger partial charge on any atom is -0.468 e. The first-order valence-corrected chi connectivity index (χ1v) is 8.40. The van der Waals surface area contributed by atoms with Crippen molar-refractivity contribution < 1.29 is 4.74 Å². The molecule has 26 heavy (non-hydrogen) atoms. The molecule has 0 amide bonds. The Kier molecular flexibility index (Phi) is 4.00. The Morgan fingerprint density at radius 2 is 2.12 bits per heavy atom. The number of ether oxygens (including phenoxy) is 1. The highest BCUT2D eigenvalue weighted by Gasteiger charge is 2.22. The number of rotatable bonds is 3. The third-order valence-corrected chi connectivity index (χ3v) is 4.12. The predicted octanol–water partition coefficient (Wildman–Crippen LogP) is 2.22. The predicted molar refractivity (Wildman–Crippen MR) is 101 cm³/mol. The van der Waals surface area contributed by atoms with Crippen molar-refractivity contribution in [3.8, 4) is 0 Å².